The monoisotopic (exact) mass is 349 g/mol. The molecule has 0 aliphatic rings. The Morgan fingerprint density at radius 3 is 2.79 bits per heavy atom. The summed E-state index contributed by atoms with van der Waals surface area (Å²) < 4.78 is 14.0. The molecule has 7 heteroatoms. The molecule has 104 valence electrons. The maximum atomic E-state index is 13.5. The minimum Gasteiger partial charge on any atom is -0.481 e. The minimum atomic E-state index is -0.903. The van der Waals surface area contributed by atoms with Gasteiger partial charge in [0.25, 0.3) is 0 Å². The van der Waals surface area contributed by atoms with Crippen LogP contribution in [0.3, 0.4) is 0 Å². The SMILES string of the molecule is CC(CC(=O)O)SCC(=O)Nc1ccc(Br)cc1F. The van der Waals surface area contributed by atoms with E-state index in [9.17, 15) is 14.0 Å². The van der Waals surface area contributed by atoms with Gasteiger partial charge >= 0.3 is 5.97 Å². The van der Waals surface area contributed by atoms with Crippen LogP contribution in [0.4, 0.5) is 10.1 Å². The number of carboxylic acid groups (broad SMARTS) is 1. The number of amides is 1. The molecule has 1 rings (SSSR count). The maximum absolute atomic E-state index is 13.5. The molecule has 0 spiro atoms. The molecule has 0 fully saturated rings. The molecule has 1 aromatic rings. The summed E-state index contributed by atoms with van der Waals surface area (Å²) >= 11 is 4.34. The van der Waals surface area contributed by atoms with Crippen molar-refractivity contribution in [2.45, 2.75) is 18.6 Å². The van der Waals surface area contributed by atoms with Gasteiger partial charge in [-0.05, 0) is 18.2 Å². The number of hydrogen-bond acceptors (Lipinski definition) is 3. The summed E-state index contributed by atoms with van der Waals surface area (Å²) in [5.74, 6) is -1.70. The van der Waals surface area contributed by atoms with Crippen molar-refractivity contribution in [3.8, 4) is 0 Å². The highest BCUT2D eigenvalue weighted by Gasteiger charge is 2.12. The molecule has 1 atom stereocenters. The Hall–Kier alpha value is -1.08. The fourth-order valence-corrected chi connectivity index (χ4v) is 2.40. The lowest BCUT2D eigenvalue weighted by molar-refractivity contribution is -0.136. The number of thioether (sulfide) groups is 1. The summed E-state index contributed by atoms with van der Waals surface area (Å²) in [6, 6.07) is 4.34. The standard InChI is InChI=1S/C12H13BrFNO3S/c1-7(4-12(17)18)19-6-11(16)15-10-3-2-8(13)5-9(10)14/h2-3,5,7H,4,6H2,1H3,(H,15,16)(H,17,18). The third-order valence-electron chi connectivity index (χ3n) is 2.17. The van der Waals surface area contributed by atoms with Gasteiger partial charge in [0.2, 0.25) is 5.91 Å². The van der Waals surface area contributed by atoms with Crippen molar-refractivity contribution in [1.82, 2.24) is 0 Å². The van der Waals surface area contributed by atoms with E-state index in [1.807, 2.05) is 0 Å². The second kappa shape index (κ2) is 7.49. The molecule has 4 nitrogen and oxygen atoms in total. The average Bonchev–Trinajstić information content (AvgIpc) is 2.29. The zero-order valence-corrected chi connectivity index (χ0v) is 12.6. The number of benzene rings is 1. The number of rotatable bonds is 6. The van der Waals surface area contributed by atoms with Gasteiger partial charge in [-0.2, -0.15) is 0 Å². The number of nitrogens with one attached hydrogen (secondary N) is 1. The van der Waals surface area contributed by atoms with Crippen molar-refractivity contribution in [2.75, 3.05) is 11.1 Å². The third-order valence-corrected chi connectivity index (χ3v) is 3.82. The molecule has 0 aliphatic carbocycles. The van der Waals surface area contributed by atoms with Crippen LogP contribution in [0.1, 0.15) is 13.3 Å². The first-order valence-corrected chi connectivity index (χ1v) is 7.31. The van der Waals surface area contributed by atoms with Crippen LogP contribution in [0.2, 0.25) is 0 Å². The number of hydrogen-bond donors (Lipinski definition) is 2. The van der Waals surface area contributed by atoms with E-state index in [4.69, 9.17) is 5.11 Å². The Labute approximate surface area is 122 Å². The van der Waals surface area contributed by atoms with Gasteiger partial charge in [0, 0.05) is 9.72 Å². The van der Waals surface area contributed by atoms with Gasteiger partial charge in [0.1, 0.15) is 5.82 Å². The van der Waals surface area contributed by atoms with Crippen LogP contribution in [-0.4, -0.2) is 28.0 Å². The van der Waals surface area contributed by atoms with Crippen LogP contribution in [-0.2, 0) is 9.59 Å². The van der Waals surface area contributed by atoms with Crippen LogP contribution >= 0.6 is 27.7 Å². The van der Waals surface area contributed by atoms with Crippen molar-refractivity contribution >= 4 is 45.3 Å². The number of anilines is 1. The highest BCUT2D eigenvalue weighted by Crippen LogP contribution is 2.20. The molecule has 1 aromatic carbocycles. The molecular formula is C12H13BrFNO3S. The molecule has 0 saturated carbocycles. The van der Waals surface area contributed by atoms with E-state index in [-0.39, 0.29) is 29.0 Å². The summed E-state index contributed by atoms with van der Waals surface area (Å²) in [5.41, 5.74) is 0.111. The second-order valence-corrected chi connectivity index (χ2v) is 6.23. The summed E-state index contributed by atoms with van der Waals surface area (Å²) in [7, 11) is 0. The third kappa shape index (κ3) is 6.07. The normalized spacial score (nSPS) is 11.9. The van der Waals surface area contributed by atoms with Gasteiger partial charge < -0.3 is 10.4 Å². The highest BCUT2D eigenvalue weighted by molar-refractivity contribution is 9.10. The van der Waals surface area contributed by atoms with Crippen LogP contribution in [0.5, 0.6) is 0 Å². The fourth-order valence-electron chi connectivity index (χ4n) is 1.30. The van der Waals surface area contributed by atoms with Crippen molar-refractivity contribution in [2.24, 2.45) is 0 Å². The average molecular weight is 350 g/mol. The summed E-state index contributed by atoms with van der Waals surface area (Å²) in [5, 5.41) is 10.9. The van der Waals surface area contributed by atoms with Gasteiger partial charge in [-0.1, -0.05) is 22.9 Å². The van der Waals surface area contributed by atoms with E-state index >= 15 is 0 Å². The number of halogens is 2. The molecule has 0 aromatic heterocycles. The van der Waals surface area contributed by atoms with E-state index in [0.717, 1.165) is 0 Å². The number of carboxylic acids is 1. The Morgan fingerprint density at radius 1 is 1.53 bits per heavy atom. The number of carbonyl (C=O) groups excluding carboxylic acids is 1. The Morgan fingerprint density at radius 2 is 2.21 bits per heavy atom. The number of aliphatic carboxylic acids is 1. The predicted octanol–water partition coefficient (Wildman–Crippen LogP) is 3.12. The van der Waals surface area contributed by atoms with Crippen LogP contribution in [0, 0.1) is 5.82 Å². The minimum absolute atomic E-state index is 0.00933. The van der Waals surface area contributed by atoms with Gasteiger partial charge in [-0.15, -0.1) is 11.8 Å². The quantitative estimate of drug-likeness (QED) is 0.827. The van der Waals surface area contributed by atoms with Gasteiger partial charge in [-0.25, -0.2) is 4.39 Å². The lowest BCUT2D eigenvalue weighted by atomic mass is 10.3. The van der Waals surface area contributed by atoms with Crippen LogP contribution in [0.25, 0.3) is 0 Å². The Kier molecular flexibility index (Phi) is 6.30. The molecule has 0 saturated heterocycles. The summed E-state index contributed by atoms with van der Waals surface area (Å²) in [6.45, 7) is 1.73. The topological polar surface area (TPSA) is 66.4 Å². The van der Waals surface area contributed by atoms with E-state index in [1.54, 1.807) is 13.0 Å². The summed E-state index contributed by atoms with van der Waals surface area (Å²) in [6.07, 6.45) is -0.00933. The number of carbonyl (C=O) groups is 2. The second-order valence-electron chi connectivity index (χ2n) is 3.89. The van der Waals surface area contributed by atoms with Crippen molar-refractivity contribution in [3.63, 3.8) is 0 Å². The van der Waals surface area contributed by atoms with E-state index in [1.165, 1.54) is 23.9 Å². The molecule has 0 aliphatic heterocycles. The zero-order chi connectivity index (χ0) is 14.4. The lowest BCUT2D eigenvalue weighted by Crippen LogP contribution is -2.17. The van der Waals surface area contributed by atoms with Crippen molar-refractivity contribution in [1.29, 1.82) is 0 Å². The molecule has 2 N–H and O–H groups in total. The smallest absolute Gasteiger partial charge is 0.304 e. The molecule has 19 heavy (non-hydrogen) atoms. The largest absolute Gasteiger partial charge is 0.481 e. The van der Waals surface area contributed by atoms with E-state index in [2.05, 4.69) is 21.2 Å². The Balaban J connectivity index is 2.45. The van der Waals surface area contributed by atoms with Gasteiger partial charge in [0.05, 0.1) is 17.9 Å². The molecule has 1 amide bonds. The van der Waals surface area contributed by atoms with Crippen molar-refractivity contribution in [3.05, 3.63) is 28.5 Å². The summed E-state index contributed by atoms with van der Waals surface area (Å²) in [4.78, 5) is 22.0. The molecule has 0 heterocycles. The molecule has 0 bridgehead atoms. The molecular weight excluding hydrogens is 337 g/mol. The molecule has 1 unspecified atom stereocenters. The first-order chi connectivity index (χ1) is 8.88. The van der Waals surface area contributed by atoms with Gasteiger partial charge in [0.15, 0.2) is 0 Å². The van der Waals surface area contributed by atoms with E-state index in [0.29, 0.717) is 4.47 Å². The van der Waals surface area contributed by atoms with Crippen LogP contribution < -0.4 is 5.32 Å². The lowest BCUT2D eigenvalue weighted by Gasteiger charge is -2.09. The van der Waals surface area contributed by atoms with Crippen molar-refractivity contribution < 1.29 is 19.1 Å². The van der Waals surface area contributed by atoms with Gasteiger partial charge in [-0.3, -0.25) is 9.59 Å². The molecule has 0 radical (unpaired) electrons. The maximum Gasteiger partial charge on any atom is 0.304 e. The first kappa shape index (κ1) is 16.0. The fraction of sp³-hybridized carbons (Fsp3) is 0.333. The predicted molar refractivity (Wildman–Crippen MR) is 76.9 cm³/mol. The van der Waals surface area contributed by atoms with E-state index < -0.39 is 11.8 Å². The first-order valence-electron chi connectivity index (χ1n) is 5.46. The highest BCUT2D eigenvalue weighted by atomic mass is 79.9. The van der Waals surface area contributed by atoms with Crippen LogP contribution in [0.15, 0.2) is 22.7 Å². The zero-order valence-electron chi connectivity index (χ0n) is 10.2. The Bertz CT molecular complexity index is 484.